The standard InChI is InChI=1S/C65H118O6/c1-4-7-10-13-16-19-22-25-27-29-30-31-32-33-34-36-37-40-43-46-49-52-55-58-64(67)70-61-62(60-69-63(66)57-54-51-48-45-42-39-24-21-18-15-12-9-6-3)71-65(68)59-56-53-50-47-44-41-38-35-28-26-23-20-17-14-11-8-5-2/h12,15,17,20-21,24,26,28,62H,4-11,13-14,16,18-19,22-23,25,27,29-61H2,1-3H3/b15-12-,20-17-,24-21-,28-26-. The number of hydrogen-bond donors (Lipinski definition) is 0. The van der Waals surface area contributed by atoms with Crippen LogP contribution in [0.5, 0.6) is 0 Å². The quantitative estimate of drug-likeness (QED) is 0.0261. The number of allylic oxidation sites excluding steroid dienone is 8. The van der Waals surface area contributed by atoms with Gasteiger partial charge in [0.1, 0.15) is 13.2 Å². The highest BCUT2D eigenvalue weighted by Crippen LogP contribution is 2.17. The van der Waals surface area contributed by atoms with E-state index in [9.17, 15) is 14.4 Å². The fraction of sp³-hybridized carbons (Fsp3) is 0.831. The summed E-state index contributed by atoms with van der Waals surface area (Å²) in [6, 6.07) is 0. The molecule has 414 valence electrons. The molecule has 1 atom stereocenters. The molecule has 1 unspecified atom stereocenters. The van der Waals surface area contributed by atoms with Gasteiger partial charge in [-0.25, -0.2) is 0 Å². The topological polar surface area (TPSA) is 78.9 Å². The summed E-state index contributed by atoms with van der Waals surface area (Å²) in [7, 11) is 0. The first-order valence-electron chi connectivity index (χ1n) is 31.1. The van der Waals surface area contributed by atoms with Crippen LogP contribution in [0.3, 0.4) is 0 Å². The van der Waals surface area contributed by atoms with Crippen molar-refractivity contribution in [2.24, 2.45) is 0 Å². The molecule has 0 fully saturated rings. The van der Waals surface area contributed by atoms with E-state index in [-0.39, 0.29) is 31.1 Å². The van der Waals surface area contributed by atoms with Crippen molar-refractivity contribution >= 4 is 17.9 Å². The van der Waals surface area contributed by atoms with Crippen LogP contribution in [0.4, 0.5) is 0 Å². The second kappa shape index (κ2) is 59.9. The molecule has 0 aliphatic carbocycles. The van der Waals surface area contributed by atoms with Crippen molar-refractivity contribution in [3.8, 4) is 0 Å². The first-order chi connectivity index (χ1) is 35.0. The van der Waals surface area contributed by atoms with E-state index < -0.39 is 6.10 Å². The Kier molecular flexibility index (Phi) is 57.7. The average Bonchev–Trinajstić information content (AvgIpc) is 3.37. The molecule has 0 radical (unpaired) electrons. The lowest BCUT2D eigenvalue weighted by atomic mass is 10.0. The molecular formula is C65H118O6. The molecule has 0 aliphatic rings. The first-order valence-corrected chi connectivity index (χ1v) is 31.1. The van der Waals surface area contributed by atoms with Crippen molar-refractivity contribution in [3.05, 3.63) is 48.6 Å². The molecular weight excluding hydrogens is 877 g/mol. The molecule has 0 aromatic heterocycles. The molecule has 71 heavy (non-hydrogen) atoms. The number of unbranched alkanes of at least 4 members (excludes halogenated alkanes) is 38. The lowest BCUT2D eigenvalue weighted by Gasteiger charge is -2.18. The zero-order valence-electron chi connectivity index (χ0n) is 47.5. The normalized spacial score (nSPS) is 12.3. The molecule has 0 saturated carbocycles. The highest BCUT2D eigenvalue weighted by Gasteiger charge is 2.19. The van der Waals surface area contributed by atoms with E-state index >= 15 is 0 Å². The lowest BCUT2D eigenvalue weighted by molar-refractivity contribution is -0.167. The molecule has 0 spiro atoms. The van der Waals surface area contributed by atoms with E-state index in [2.05, 4.69) is 69.4 Å². The summed E-state index contributed by atoms with van der Waals surface area (Å²) in [4.78, 5) is 38.2. The summed E-state index contributed by atoms with van der Waals surface area (Å²) >= 11 is 0. The minimum atomic E-state index is -0.782. The number of esters is 3. The number of hydrogen-bond acceptors (Lipinski definition) is 6. The van der Waals surface area contributed by atoms with E-state index in [1.54, 1.807) is 0 Å². The van der Waals surface area contributed by atoms with E-state index in [0.717, 1.165) is 96.3 Å². The number of ether oxygens (including phenoxy) is 3. The van der Waals surface area contributed by atoms with Gasteiger partial charge < -0.3 is 14.2 Å². The molecule has 0 aromatic carbocycles. The molecule has 6 heteroatoms. The Balaban J connectivity index is 4.28. The minimum Gasteiger partial charge on any atom is -0.462 e. The summed E-state index contributed by atoms with van der Waals surface area (Å²) in [5, 5.41) is 0. The summed E-state index contributed by atoms with van der Waals surface area (Å²) < 4.78 is 16.9. The van der Waals surface area contributed by atoms with Crippen LogP contribution in [0.15, 0.2) is 48.6 Å². The summed E-state index contributed by atoms with van der Waals surface area (Å²) in [6.45, 7) is 6.58. The molecule has 6 nitrogen and oxygen atoms in total. The van der Waals surface area contributed by atoms with E-state index in [4.69, 9.17) is 14.2 Å². The van der Waals surface area contributed by atoms with Gasteiger partial charge >= 0.3 is 17.9 Å². The number of rotatable bonds is 57. The smallest absolute Gasteiger partial charge is 0.306 e. The van der Waals surface area contributed by atoms with Gasteiger partial charge in [0.2, 0.25) is 0 Å². The highest BCUT2D eigenvalue weighted by atomic mass is 16.6. The maximum Gasteiger partial charge on any atom is 0.306 e. The van der Waals surface area contributed by atoms with E-state index in [1.807, 2.05) is 0 Å². The van der Waals surface area contributed by atoms with Crippen molar-refractivity contribution in [2.75, 3.05) is 13.2 Å². The fourth-order valence-electron chi connectivity index (χ4n) is 9.10. The van der Waals surface area contributed by atoms with Crippen molar-refractivity contribution in [3.63, 3.8) is 0 Å². The van der Waals surface area contributed by atoms with Gasteiger partial charge in [0.05, 0.1) is 0 Å². The maximum absolute atomic E-state index is 12.9. The van der Waals surface area contributed by atoms with Crippen molar-refractivity contribution in [1.29, 1.82) is 0 Å². The van der Waals surface area contributed by atoms with Gasteiger partial charge in [-0.05, 0) is 77.0 Å². The lowest BCUT2D eigenvalue weighted by Crippen LogP contribution is -2.30. The van der Waals surface area contributed by atoms with Crippen LogP contribution in [0.2, 0.25) is 0 Å². The number of carbonyl (C=O) groups excluding carboxylic acids is 3. The van der Waals surface area contributed by atoms with Crippen LogP contribution < -0.4 is 0 Å². The third-order valence-corrected chi connectivity index (χ3v) is 13.8. The molecule has 0 bridgehead atoms. The third kappa shape index (κ3) is 58.1. The van der Waals surface area contributed by atoms with E-state index in [1.165, 1.54) is 193 Å². The Morgan fingerprint density at radius 2 is 0.535 bits per heavy atom. The van der Waals surface area contributed by atoms with Crippen molar-refractivity contribution in [2.45, 2.75) is 335 Å². The Labute approximate surface area is 441 Å². The Morgan fingerprint density at radius 3 is 0.859 bits per heavy atom. The van der Waals surface area contributed by atoms with Crippen molar-refractivity contribution in [1.82, 2.24) is 0 Å². The predicted molar refractivity (Wildman–Crippen MR) is 307 cm³/mol. The molecule has 0 amide bonds. The monoisotopic (exact) mass is 995 g/mol. The summed E-state index contributed by atoms with van der Waals surface area (Å²) in [6.07, 6.45) is 74.0. The van der Waals surface area contributed by atoms with Gasteiger partial charge in [0.15, 0.2) is 6.10 Å². The zero-order valence-corrected chi connectivity index (χ0v) is 47.5. The van der Waals surface area contributed by atoms with Crippen LogP contribution in [-0.4, -0.2) is 37.2 Å². The maximum atomic E-state index is 12.9. The van der Waals surface area contributed by atoms with Crippen LogP contribution in [0.1, 0.15) is 329 Å². The molecule has 0 aliphatic heterocycles. The average molecular weight is 996 g/mol. The van der Waals surface area contributed by atoms with Gasteiger partial charge in [0.25, 0.3) is 0 Å². The Hall–Kier alpha value is -2.63. The first kappa shape index (κ1) is 68.4. The Morgan fingerprint density at radius 1 is 0.282 bits per heavy atom. The van der Waals surface area contributed by atoms with Gasteiger partial charge in [-0.1, -0.05) is 281 Å². The Bertz CT molecular complexity index is 1230. The highest BCUT2D eigenvalue weighted by molar-refractivity contribution is 5.71. The molecule has 0 saturated heterocycles. The SMILES string of the molecule is CCC/C=C\C/C=C\CCCCCCCC(=O)OCC(COC(=O)CCCCCCCCCCCCCCCCCCCCCCCCC)OC(=O)CCCCCCCCC/C=C\C/C=C\CCCCC. The van der Waals surface area contributed by atoms with Crippen LogP contribution >= 0.6 is 0 Å². The largest absolute Gasteiger partial charge is 0.462 e. The van der Waals surface area contributed by atoms with Crippen LogP contribution in [0.25, 0.3) is 0 Å². The van der Waals surface area contributed by atoms with Crippen LogP contribution in [-0.2, 0) is 28.6 Å². The fourth-order valence-corrected chi connectivity index (χ4v) is 9.10. The zero-order chi connectivity index (χ0) is 51.4. The number of carbonyl (C=O) groups is 3. The van der Waals surface area contributed by atoms with Gasteiger partial charge in [0, 0.05) is 19.3 Å². The van der Waals surface area contributed by atoms with Gasteiger partial charge in [-0.3, -0.25) is 14.4 Å². The predicted octanol–water partition coefficient (Wildman–Crippen LogP) is 21.0. The second-order valence-corrected chi connectivity index (χ2v) is 21.0. The molecule has 0 aromatic rings. The van der Waals surface area contributed by atoms with Crippen molar-refractivity contribution < 1.29 is 28.6 Å². The summed E-state index contributed by atoms with van der Waals surface area (Å²) in [5.74, 6) is -0.883. The third-order valence-electron chi connectivity index (χ3n) is 13.8. The molecule has 0 rings (SSSR count). The van der Waals surface area contributed by atoms with E-state index in [0.29, 0.717) is 19.3 Å². The summed E-state index contributed by atoms with van der Waals surface area (Å²) in [5.41, 5.74) is 0. The van der Waals surface area contributed by atoms with Crippen LogP contribution in [0, 0.1) is 0 Å². The minimum absolute atomic E-state index is 0.0778. The van der Waals surface area contributed by atoms with Gasteiger partial charge in [-0.2, -0.15) is 0 Å². The van der Waals surface area contributed by atoms with Gasteiger partial charge in [-0.15, -0.1) is 0 Å². The second-order valence-electron chi connectivity index (χ2n) is 21.0. The molecule has 0 heterocycles. The molecule has 0 N–H and O–H groups in total.